The molecule has 0 atom stereocenters. The standard InChI is InChI=1S/C38H30F4N12/c1-18-11-43-29(33-23(39)7-6-20(3)48-33)9-27(18)50-35-25(41)13-46-32-17-54(52-37(32)35)16-22-8-24(40)34(49-21(22)4)30-10-28(19(2)12-44-30)51-36-26(42)14-45-31-15-47-53(5)38(31)36/h6-15,17H,16H2,1-5H3,(H,43,50)(H,44,45,51). The molecule has 0 aliphatic heterocycles. The highest BCUT2D eigenvalue weighted by atomic mass is 19.1. The predicted octanol–water partition coefficient (Wildman–Crippen LogP) is 7.95. The molecule has 0 spiro atoms. The molecule has 0 fully saturated rings. The summed E-state index contributed by atoms with van der Waals surface area (Å²) in [6.07, 6.45) is 8.47. The molecule has 0 aromatic carbocycles. The summed E-state index contributed by atoms with van der Waals surface area (Å²) in [5.41, 5.74) is 6.42. The van der Waals surface area contributed by atoms with Crippen molar-refractivity contribution in [2.24, 2.45) is 7.05 Å². The molecular formula is C38H30F4N12. The molecule has 0 aliphatic carbocycles. The molecule has 2 N–H and O–H groups in total. The van der Waals surface area contributed by atoms with Gasteiger partial charge in [-0.3, -0.25) is 19.3 Å². The van der Waals surface area contributed by atoms with E-state index >= 15 is 8.78 Å². The molecule has 8 aromatic rings. The van der Waals surface area contributed by atoms with Crippen LogP contribution in [0.15, 0.2) is 67.5 Å². The van der Waals surface area contributed by atoms with Crippen LogP contribution < -0.4 is 10.6 Å². The third kappa shape index (κ3) is 6.20. The third-order valence-corrected chi connectivity index (χ3v) is 9.05. The van der Waals surface area contributed by atoms with Gasteiger partial charge in [0.1, 0.15) is 44.8 Å². The smallest absolute Gasteiger partial charge is 0.167 e. The van der Waals surface area contributed by atoms with Crippen LogP contribution in [0.1, 0.15) is 28.1 Å². The van der Waals surface area contributed by atoms with E-state index in [2.05, 4.69) is 50.7 Å². The summed E-state index contributed by atoms with van der Waals surface area (Å²) >= 11 is 0. The molecule has 0 aliphatic rings. The number of fused-ring (bicyclic) bond motifs is 2. The van der Waals surface area contributed by atoms with Crippen LogP contribution >= 0.6 is 0 Å². The van der Waals surface area contributed by atoms with Crippen LogP contribution in [-0.4, -0.2) is 49.5 Å². The Bertz CT molecular complexity index is 2780. The SMILES string of the molecule is Cc1ccc(F)c(-c2cc(Nc3c(F)cnc4cn(Cc5cc(F)c(-c6cc(Nc7c(F)cnc8cnn(C)c78)c(C)cn6)nc5C)nc34)c(C)cn2)n1. The second kappa shape index (κ2) is 13.3. The minimum absolute atomic E-state index is 0.00821. The Labute approximate surface area is 305 Å². The first kappa shape index (κ1) is 34.3. The maximum Gasteiger partial charge on any atom is 0.167 e. The lowest BCUT2D eigenvalue weighted by Crippen LogP contribution is -2.07. The van der Waals surface area contributed by atoms with Gasteiger partial charge in [0.15, 0.2) is 23.3 Å². The Morgan fingerprint density at radius 2 is 1.28 bits per heavy atom. The lowest BCUT2D eigenvalue weighted by molar-refractivity contribution is 0.613. The fourth-order valence-electron chi connectivity index (χ4n) is 6.12. The molecule has 8 aromatic heterocycles. The molecule has 0 unspecified atom stereocenters. The van der Waals surface area contributed by atoms with E-state index in [9.17, 15) is 8.78 Å². The number of halogens is 4. The Morgan fingerprint density at radius 3 is 1.98 bits per heavy atom. The molecule has 12 nitrogen and oxygen atoms in total. The molecule has 8 rings (SSSR count). The highest BCUT2D eigenvalue weighted by Crippen LogP contribution is 2.33. The minimum atomic E-state index is -0.658. The highest BCUT2D eigenvalue weighted by molar-refractivity contribution is 5.91. The minimum Gasteiger partial charge on any atom is -0.351 e. The summed E-state index contributed by atoms with van der Waals surface area (Å²) in [5.74, 6) is -2.40. The van der Waals surface area contributed by atoms with Crippen molar-refractivity contribution in [3.63, 3.8) is 0 Å². The third-order valence-electron chi connectivity index (χ3n) is 9.05. The van der Waals surface area contributed by atoms with Gasteiger partial charge in [0.05, 0.1) is 42.7 Å². The summed E-state index contributed by atoms with van der Waals surface area (Å²) in [6.45, 7) is 7.17. The second-order valence-electron chi connectivity index (χ2n) is 12.9. The monoisotopic (exact) mass is 730 g/mol. The van der Waals surface area contributed by atoms with Crippen molar-refractivity contribution in [1.29, 1.82) is 0 Å². The number of rotatable bonds is 8. The predicted molar refractivity (Wildman–Crippen MR) is 195 cm³/mol. The number of nitrogens with zero attached hydrogens (tertiary/aromatic N) is 10. The normalized spacial score (nSPS) is 11.5. The second-order valence-corrected chi connectivity index (χ2v) is 12.9. The maximum absolute atomic E-state index is 15.8. The van der Waals surface area contributed by atoms with Gasteiger partial charge < -0.3 is 10.6 Å². The van der Waals surface area contributed by atoms with E-state index in [4.69, 9.17) is 0 Å². The fraction of sp³-hybridized carbons (Fsp3) is 0.158. The van der Waals surface area contributed by atoms with Crippen molar-refractivity contribution in [3.8, 4) is 22.8 Å². The largest absolute Gasteiger partial charge is 0.351 e. The summed E-state index contributed by atoms with van der Waals surface area (Å²) in [7, 11) is 1.69. The zero-order valence-electron chi connectivity index (χ0n) is 29.5. The Hall–Kier alpha value is -6.84. The van der Waals surface area contributed by atoms with Crippen molar-refractivity contribution in [2.45, 2.75) is 34.2 Å². The molecular weight excluding hydrogens is 700 g/mol. The van der Waals surface area contributed by atoms with Crippen molar-refractivity contribution >= 4 is 44.8 Å². The van der Waals surface area contributed by atoms with Crippen LogP contribution in [0.25, 0.3) is 44.8 Å². The Balaban J connectivity index is 1.08. The topological polar surface area (TPSA) is 137 Å². The molecule has 0 saturated carbocycles. The van der Waals surface area contributed by atoms with Gasteiger partial charge in [-0.1, -0.05) is 0 Å². The number of nitrogens with one attached hydrogen (secondary N) is 2. The van der Waals surface area contributed by atoms with Crippen molar-refractivity contribution in [3.05, 3.63) is 119 Å². The van der Waals surface area contributed by atoms with Crippen molar-refractivity contribution in [2.75, 3.05) is 10.6 Å². The molecule has 0 radical (unpaired) electrons. The molecule has 8 heterocycles. The lowest BCUT2D eigenvalue weighted by Gasteiger charge is -2.14. The van der Waals surface area contributed by atoms with Gasteiger partial charge in [-0.15, -0.1) is 0 Å². The molecule has 54 heavy (non-hydrogen) atoms. The number of hydrogen-bond donors (Lipinski definition) is 2. The zero-order valence-corrected chi connectivity index (χ0v) is 29.5. The first-order valence-corrected chi connectivity index (χ1v) is 16.7. The Kier molecular flexibility index (Phi) is 8.43. The van der Waals surface area contributed by atoms with Crippen LogP contribution in [0.2, 0.25) is 0 Å². The summed E-state index contributed by atoms with van der Waals surface area (Å²) in [6, 6.07) is 7.45. The van der Waals surface area contributed by atoms with Gasteiger partial charge in [0.2, 0.25) is 0 Å². The van der Waals surface area contributed by atoms with Crippen LogP contribution in [0, 0.1) is 51.0 Å². The molecule has 0 amide bonds. The van der Waals surface area contributed by atoms with E-state index in [1.165, 1.54) is 21.5 Å². The van der Waals surface area contributed by atoms with E-state index in [0.29, 0.717) is 56.0 Å². The van der Waals surface area contributed by atoms with E-state index < -0.39 is 23.3 Å². The van der Waals surface area contributed by atoms with Gasteiger partial charge in [0.25, 0.3) is 0 Å². The van der Waals surface area contributed by atoms with E-state index in [1.807, 2.05) is 0 Å². The number of anilines is 4. The van der Waals surface area contributed by atoms with Gasteiger partial charge in [0, 0.05) is 42.2 Å². The number of pyridine rings is 6. The summed E-state index contributed by atoms with van der Waals surface area (Å²) in [5, 5.41) is 15.0. The van der Waals surface area contributed by atoms with E-state index in [1.54, 1.807) is 77.7 Å². The van der Waals surface area contributed by atoms with Crippen LogP contribution in [-0.2, 0) is 13.6 Å². The zero-order chi connectivity index (χ0) is 37.8. The first-order valence-electron chi connectivity index (χ1n) is 16.7. The summed E-state index contributed by atoms with van der Waals surface area (Å²) in [4.78, 5) is 25.9. The molecule has 16 heteroatoms. The van der Waals surface area contributed by atoms with Crippen LogP contribution in [0.3, 0.4) is 0 Å². The Morgan fingerprint density at radius 1 is 0.648 bits per heavy atom. The number of aromatic nitrogens is 10. The highest BCUT2D eigenvalue weighted by Gasteiger charge is 2.20. The summed E-state index contributed by atoms with van der Waals surface area (Å²) < 4.78 is 63.8. The number of aryl methyl sites for hydroxylation is 5. The molecule has 0 saturated heterocycles. The maximum atomic E-state index is 15.8. The average Bonchev–Trinajstić information content (AvgIpc) is 3.74. The fourth-order valence-corrected chi connectivity index (χ4v) is 6.12. The van der Waals surface area contributed by atoms with Crippen molar-refractivity contribution < 1.29 is 17.6 Å². The average molecular weight is 731 g/mol. The van der Waals surface area contributed by atoms with Gasteiger partial charge >= 0.3 is 0 Å². The van der Waals surface area contributed by atoms with Gasteiger partial charge in [-0.05, 0) is 74.7 Å². The molecule has 270 valence electrons. The first-order chi connectivity index (χ1) is 25.9. The number of hydrogen-bond acceptors (Lipinski definition) is 10. The van der Waals surface area contributed by atoms with Gasteiger partial charge in [-0.2, -0.15) is 10.2 Å². The van der Waals surface area contributed by atoms with Crippen LogP contribution in [0.5, 0.6) is 0 Å². The quantitative estimate of drug-likeness (QED) is 0.148. The van der Waals surface area contributed by atoms with Gasteiger partial charge in [-0.25, -0.2) is 37.5 Å². The van der Waals surface area contributed by atoms with E-state index in [0.717, 1.165) is 12.4 Å². The lowest BCUT2D eigenvalue weighted by atomic mass is 10.1. The molecule has 0 bridgehead atoms. The van der Waals surface area contributed by atoms with E-state index in [-0.39, 0.29) is 46.2 Å². The van der Waals surface area contributed by atoms with Crippen molar-refractivity contribution in [1.82, 2.24) is 49.5 Å². The van der Waals surface area contributed by atoms with Crippen LogP contribution in [0.4, 0.5) is 40.3 Å².